The summed E-state index contributed by atoms with van der Waals surface area (Å²) in [5.74, 6) is 1.87. The van der Waals surface area contributed by atoms with Gasteiger partial charge in [0, 0.05) is 110 Å². The fraction of sp³-hybridized carbons (Fsp3) is 0.523. The molecule has 3 aromatic rings. The minimum atomic E-state index is -0.523. The number of carbonyl (C=O) groups is 4. The number of piperidine rings is 1. The average molecular weight is 812 g/mol. The topological polar surface area (TPSA) is 176 Å². The predicted octanol–water partition coefficient (Wildman–Crippen LogP) is 4.04. The van der Waals surface area contributed by atoms with Gasteiger partial charge >= 0.3 is 0 Å². The van der Waals surface area contributed by atoms with E-state index in [1.807, 2.05) is 77.2 Å². The number of piperazine rings is 1. The third-order valence-electron chi connectivity index (χ3n) is 11.3. The van der Waals surface area contributed by atoms with Crippen molar-refractivity contribution in [1.82, 2.24) is 35.1 Å². The number of ether oxygens (including phenoxy) is 2. The maximum absolute atomic E-state index is 13.2. The fourth-order valence-electron chi connectivity index (χ4n) is 8.08. The van der Waals surface area contributed by atoms with Crippen LogP contribution in [0.2, 0.25) is 0 Å². The molecule has 15 heteroatoms. The monoisotopic (exact) mass is 811 g/mol. The van der Waals surface area contributed by atoms with Crippen LogP contribution in [0.4, 0.5) is 5.82 Å². The average Bonchev–Trinajstić information content (AvgIpc) is 3.65. The lowest BCUT2D eigenvalue weighted by Gasteiger charge is -2.38. The fourth-order valence-corrected chi connectivity index (χ4v) is 8.08. The van der Waals surface area contributed by atoms with Crippen molar-refractivity contribution in [3.05, 3.63) is 72.3 Å². The van der Waals surface area contributed by atoms with Gasteiger partial charge in [-0.2, -0.15) is 5.10 Å². The Morgan fingerprint density at radius 1 is 0.847 bits per heavy atom. The van der Waals surface area contributed by atoms with Crippen molar-refractivity contribution < 1.29 is 28.7 Å². The molecular formula is C44H61N9O6. The highest BCUT2D eigenvalue weighted by atomic mass is 16.5. The Morgan fingerprint density at radius 2 is 1.53 bits per heavy atom. The molecule has 318 valence electrons. The van der Waals surface area contributed by atoms with Gasteiger partial charge in [0.15, 0.2) is 0 Å². The number of nitrogens with one attached hydrogen (secondary N) is 3. The molecular weight excluding hydrogens is 751 g/mol. The van der Waals surface area contributed by atoms with E-state index in [-0.39, 0.29) is 23.8 Å². The Hall–Kier alpha value is -5.25. The van der Waals surface area contributed by atoms with Gasteiger partial charge in [-0.05, 0) is 81.3 Å². The molecule has 1 aromatic heterocycles. The maximum atomic E-state index is 13.2. The number of anilines is 1. The molecule has 2 saturated heterocycles. The number of nitrogens with zero attached hydrogens (tertiary/aromatic N) is 5. The summed E-state index contributed by atoms with van der Waals surface area (Å²) >= 11 is 0. The van der Waals surface area contributed by atoms with Crippen LogP contribution in [0.5, 0.6) is 11.5 Å². The first-order valence-corrected chi connectivity index (χ1v) is 21.3. The van der Waals surface area contributed by atoms with Crippen molar-refractivity contribution in [1.29, 1.82) is 0 Å². The van der Waals surface area contributed by atoms with Crippen LogP contribution in [0.25, 0.3) is 11.3 Å². The number of amides is 4. The summed E-state index contributed by atoms with van der Waals surface area (Å²) in [4.78, 5) is 56.8. The molecule has 3 aliphatic rings. The van der Waals surface area contributed by atoms with E-state index in [2.05, 4.69) is 25.8 Å². The summed E-state index contributed by atoms with van der Waals surface area (Å²) in [6, 6.07) is 17.2. The molecule has 15 nitrogen and oxygen atoms in total. The lowest BCUT2D eigenvalue weighted by Crippen LogP contribution is -2.48. The number of likely N-dealkylation sites (tertiary alicyclic amines) is 1. The molecule has 0 spiro atoms. The van der Waals surface area contributed by atoms with Crippen LogP contribution in [0.1, 0.15) is 68.3 Å². The van der Waals surface area contributed by atoms with Crippen LogP contribution in [-0.4, -0.2) is 133 Å². The molecule has 0 aliphatic carbocycles. The zero-order valence-corrected chi connectivity index (χ0v) is 34.4. The van der Waals surface area contributed by atoms with Crippen molar-refractivity contribution in [2.24, 2.45) is 11.7 Å². The van der Waals surface area contributed by atoms with E-state index >= 15 is 0 Å². The van der Waals surface area contributed by atoms with Gasteiger partial charge in [0.2, 0.25) is 17.7 Å². The molecule has 4 amide bonds. The molecule has 5 N–H and O–H groups in total. The van der Waals surface area contributed by atoms with Crippen LogP contribution in [0, 0.1) is 5.92 Å². The molecule has 4 heterocycles. The second-order valence-corrected chi connectivity index (χ2v) is 15.4. The number of para-hydroxylation sites is 1. The summed E-state index contributed by atoms with van der Waals surface area (Å²) < 4.78 is 13.2. The number of carbonyl (C=O) groups excluding carboxylic acids is 4. The molecule has 1 atom stereocenters. The van der Waals surface area contributed by atoms with E-state index in [0.717, 1.165) is 76.3 Å². The Bertz CT molecular complexity index is 1850. The van der Waals surface area contributed by atoms with Gasteiger partial charge in [-0.25, -0.2) is 4.68 Å². The largest absolute Gasteiger partial charge is 0.457 e. The molecule has 3 aliphatic heterocycles. The maximum Gasteiger partial charge on any atom is 0.254 e. The Kier molecular flexibility index (Phi) is 16.3. The second-order valence-electron chi connectivity index (χ2n) is 15.4. The van der Waals surface area contributed by atoms with E-state index in [0.29, 0.717) is 93.9 Å². The Labute approximate surface area is 347 Å². The van der Waals surface area contributed by atoms with Crippen LogP contribution in [-0.2, 0) is 19.1 Å². The Morgan fingerprint density at radius 3 is 2.22 bits per heavy atom. The van der Waals surface area contributed by atoms with E-state index in [1.54, 1.807) is 6.08 Å². The third kappa shape index (κ3) is 12.6. The predicted molar refractivity (Wildman–Crippen MR) is 227 cm³/mol. The molecule has 59 heavy (non-hydrogen) atoms. The first-order chi connectivity index (χ1) is 28.8. The van der Waals surface area contributed by atoms with E-state index in [9.17, 15) is 19.2 Å². The first kappa shape index (κ1) is 43.3. The number of nitrogens with two attached hydrogens (primary N) is 1. The number of aromatic nitrogens is 2. The van der Waals surface area contributed by atoms with Gasteiger partial charge in [-0.3, -0.25) is 29.0 Å². The lowest BCUT2D eigenvalue weighted by molar-refractivity contribution is -0.127. The summed E-state index contributed by atoms with van der Waals surface area (Å²) in [7, 11) is 0. The van der Waals surface area contributed by atoms with E-state index < -0.39 is 5.91 Å². The molecule has 0 saturated carbocycles. The number of fused-ring (bicyclic) bond motifs is 1. The quantitative estimate of drug-likeness (QED) is 0.0963. The van der Waals surface area contributed by atoms with Crippen LogP contribution in [0.3, 0.4) is 0 Å². The first-order valence-electron chi connectivity index (χ1n) is 21.3. The van der Waals surface area contributed by atoms with Gasteiger partial charge in [0.25, 0.3) is 5.91 Å². The summed E-state index contributed by atoms with van der Waals surface area (Å²) in [5, 5.41) is 14.2. The highest BCUT2D eigenvalue weighted by Gasteiger charge is 2.36. The number of hydrogen-bond acceptors (Lipinski definition) is 10. The van der Waals surface area contributed by atoms with Crippen molar-refractivity contribution in [3.63, 3.8) is 0 Å². The molecule has 0 bridgehead atoms. The minimum absolute atomic E-state index is 0.0218. The van der Waals surface area contributed by atoms with Gasteiger partial charge in [-0.15, -0.1) is 0 Å². The smallest absolute Gasteiger partial charge is 0.254 e. The van der Waals surface area contributed by atoms with Crippen LogP contribution in [0.15, 0.2) is 66.7 Å². The number of hydrogen-bond donors (Lipinski definition) is 4. The second kappa shape index (κ2) is 22.2. The van der Waals surface area contributed by atoms with Gasteiger partial charge in [-0.1, -0.05) is 24.3 Å². The summed E-state index contributed by atoms with van der Waals surface area (Å²) in [6.45, 7) is 11.6. The normalized spacial score (nSPS) is 17.6. The highest BCUT2D eigenvalue weighted by Crippen LogP contribution is 2.40. The third-order valence-corrected chi connectivity index (χ3v) is 11.3. The van der Waals surface area contributed by atoms with Crippen LogP contribution < -0.4 is 26.4 Å². The van der Waals surface area contributed by atoms with E-state index in [1.165, 1.54) is 0 Å². The summed E-state index contributed by atoms with van der Waals surface area (Å²) in [6.07, 6.45) is 8.28. The van der Waals surface area contributed by atoms with E-state index in [4.69, 9.17) is 20.3 Å². The molecule has 6 rings (SSSR count). The van der Waals surface area contributed by atoms with Crippen molar-refractivity contribution >= 4 is 29.4 Å². The Balaban J connectivity index is 0.886. The van der Waals surface area contributed by atoms with Gasteiger partial charge in [0.1, 0.15) is 28.6 Å². The van der Waals surface area contributed by atoms with Crippen molar-refractivity contribution in [3.8, 4) is 22.8 Å². The van der Waals surface area contributed by atoms with Gasteiger partial charge < -0.3 is 36.1 Å². The molecule has 0 unspecified atom stereocenters. The summed E-state index contributed by atoms with van der Waals surface area (Å²) in [5.41, 5.74) is 7.68. The number of rotatable bonds is 20. The molecule has 0 radical (unpaired) electrons. The number of benzene rings is 2. The lowest BCUT2D eigenvalue weighted by atomic mass is 9.87. The molecule has 2 fully saturated rings. The zero-order valence-electron chi connectivity index (χ0n) is 34.4. The number of primary amides is 1. The highest BCUT2D eigenvalue weighted by molar-refractivity contribution is 6.04. The molecule has 2 aromatic carbocycles. The van der Waals surface area contributed by atoms with Crippen molar-refractivity contribution in [2.75, 3.05) is 90.5 Å². The zero-order chi connectivity index (χ0) is 41.4. The minimum Gasteiger partial charge on any atom is -0.457 e. The van der Waals surface area contributed by atoms with Crippen LogP contribution >= 0.6 is 0 Å². The van der Waals surface area contributed by atoms with Gasteiger partial charge in [0.05, 0.1) is 6.04 Å². The SMILES string of the molecule is CCOCCCNC(=O)CCCC(=O)NCCN1CCN(CC=CC(=O)N2CCC([C@@H]3CCNc4c(C(N)=O)c(-c5ccc(Oc6ccccc6)cc5)nn43)CC2)CC1. The van der Waals surface area contributed by atoms with Crippen molar-refractivity contribution in [2.45, 2.75) is 57.9 Å². The standard InChI is InChI=1S/C44H61N9O6/c1-2-58-32-8-21-46-38(54)11-6-12-39(55)47-23-27-51-30-28-50(29-31-51)24-7-13-40(56)52-25-19-33(20-26-52)37-18-22-48-44-41(43(45)57)42(49-53(37)44)34-14-16-36(17-15-34)59-35-9-4-3-5-10-35/h3-5,7,9-10,13-17,33,37,48H,2,6,8,11-12,18-32H2,1H3,(H2,45,57)(H,46,54)(H,47,55)/t37-/m0/s1.